The molecule has 0 amide bonds. The average Bonchev–Trinajstić information content (AvgIpc) is 0.722. The van der Waals surface area contributed by atoms with Crippen molar-refractivity contribution in [3.05, 3.63) is 0 Å². The normalized spacial score (nSPS) is 8.29. The van der Waals surface area contributed by atoms with Gasteiger partial charge in [0.2, 0.25) is 0 Å². The van der Waals surface area contributed by atoms with E-state index in [4.69, 9.17) is 0 Å². The van der Waals surface area contributed by atoms with Crippen LogP contribution in [0, 0.1) is 0 Å². The van der Waals surface area contributed by atoms with Crippen LogP contribution in [0.1, 0.15) is 0 Å². The van der Waals surface area contributed by atoms with Crippen LogP contribution in [-0.4, -0.2) is 0 Å². The summed E-state index contributed by atoms with van der Waals surface area (Å²) < 4.78 is 0. The van der Waals surface area contributed by atoms with E-state index in [9.17, 15) is 0 Å². The molecule has 7 heavy (non-hydrogen) atoms. The molecule has 0 aromatic rings. The van der Waals surface area contributed by atoms with Crippen LogP contribution in [0.15, 0.2) is 0 Å². The van der Waals surface area contributed by atoms with E-state index in [1.807, 2.05) is 0 Å². The van der Waals surface area contributed by atoms with Crippen LogP contribution in [0.3, 0.4) is 0 Å². The van der Waals surface area contributed by atoms with Gasteiger partial charge in [0.15, 0.2) is 0 Å². The first-order valence-electron chi connectivity index (χ1n) is 0.667. The molecular weight excluding hydrogens is 270 g/mol. The Morgan fingerprint density at radius 2 is 1.00 bits per heavy atom. The quantitative estimate of drug-likeness (QED) is 0.320. The first kappa shape index (κ1) is 17.1. The monoisotopic (exact) mass is 272 g/mol. The topological polar surface area (TPSA) is 0 Å². The van der Waals surface area contributed by atoms with Crippen LogP contribution in [0.4, 0.5) is 0 Å². The van der Waals surface area contributed by atoms with Gasteiger partial charge in [-0.05, 0) is 0 Å². The molecule has 0 rings (SSSR count). The fraction of sp³-hybridized carbons (Fsp3) is 0. The fourth-order valence-corrected chi connectivity index (χ4v) is 0. The molecule has 32 valence electrons. The second kappa shape index (κ2) is 7.93. The molecule has 0 aromatic carbocycles. The van der Waals surface area contributed by atoms with Crippen LogP contribution < -0.4 is 59.1 Å². The summed E-state index contributed by atoms with van der Waals surface area (Å²) in [5.41, 5.74) is 0. The van der Waals surface area contributed by atoms with Gasteiger partial charge < -0.3 is 0 Å². The van der Waals surface area contributed by atoms with Crippen molar-refractivity contribution in [2.45, 2.75) is 0 Å². The molecule has 0 aliphatic rings. The summed E-state index contributed by atoms with van der Waals surface area (Å²) in [4.78, 5) is 0. The predicted molar refractivity (Wildman–Crippen MR) is 29.9 cm³/mol. The molecule has 0 spiro atoms. The summed E-state index contributed by atoms with van der Waals surface area (Å²) in [7, 11) is 15.2. The standard InChI is InChI=1S/Mo.2Na.4S/q;2*+1;;;2*-1. The van der Waals surface area contributed by atoms with Crippen molar-refractivity contribution in [3.8, 4) is 0 Å². The molecule has 0 aliphatic carbocycles. The number of rotatable bonds is 0. The molecule has 0 fully saturated rings. The summed E-state index contributed by atoms with van der Waals surface area (Å²) >= 11 is 0. The zero-order valence-corrected chi connectivity index (χ0v) is 13.3. The SMILES string of the molecule is [Na+].[Na+].[S]=[Mo](=[S])([S-])[S-]. The maximum absolute atomic E-state index is 4.46. The predicted octanol–water partition coefficient (Wildman–Crippen LogP) is -4.70. The Morgan fingerprint density at radius 1 is 1.00 bits per heavy atom. The van der Waals surface area contributed by atoms with E-state index in [1.165, 1.54) is 0 Å². The third kappa shape index (κ3) is 41.1. The van der Waals surface area contributed by atoms with Crippen molar-refractivity contribution in [2.24, 2.45) is 0 Å². The molecule has 0 saturated heterocycles. The van der Waals surface area contributed by atoms with Crippen LogP contribution in [0.5, 0.6) is 0 Å². The molecule has 0 aliphatic heterocycles. The van der Waals surface area contributed by atoms with Gasteiger partial charge in [0.05, 0.1) is 0 Å². The average molecular weight is 270 g/mol. The molecule has 7 heteroatoms. The van der Waals surface area contributed by atoms with Gasteiger partial charge in [-0.15, -0.1) is 0 Å². The van der Waals surface area contributed by atoms with E-state index >= 15 is 0 Å². The van der Waals surface area contributed by atoms with E-state index in [0.29, 0.717) is 0 Å². The minimum atomic E-state index is -2.69. The molecule has 0 aromatic heterocycles. The molecule has 0 saturated carbocycles. The Hall–Kier alpha value is 3.83. The van der Waals surface area contributed by atoms with E-state index in [1.54, 1.807) is 0 Å². The zero-order chi connectivity index (χ0) is 4.50. The van der Waals surface area contributed by atoms with Gasteiger partial charge in [-0.2, -0.15) is 0 Å². The molecule has 0 N–H and O–H groups in total. The Kier molecular flexibility index (Phi) is 19.3. The second-order valence-electron chi connectivity index (χ2n) is 0.408. The summed E-state index contributed by atoms with van der Waals surface area (Å²) in [6.07, 6.45) is 0. The summed E-state index contributed by atoms with van der Waals surface area (Å²) in [5, 5.41) is 0. The van der Waals surface area contributed by atoms with Gasteiger partial charge in [-0.3, -0.25) is 0 Å². The molecule has 0 unspecified atom stereocenters. The molecular formula is MoNa2S4. The molecule has 0 nitrogen and oxygen atoms in total. The van der Waals surface area contributed by atoms with Gasteiger partial charge in [-0.25, -0.2) is 0 Å². The van der Waals surface area contributed by atoms with Gasteiger partial charge in [-0.1, -0.05) is 0 Å². The second-order valence-corrected chi connectivity index (χ2v) is 21.7. The molecule has 0 atom stereocenters. The van der Waals surface area contributed by atoms with Crippen LogP contribution >= 0.6 is 19.6 Å². The first-order valence-corrected chi connectivity index (χ1v) is 11.8. The van der Waals surface area contributed by atoms with E-state index in [2.05, 4.69) is 40.3 Å². The third-order valence-electron chi connectivity index (χ3n) is 0. The van der Waals surface area contributed by atoms with Gasteiger partial charge in [0.25, 0.3) is 0 Å². The molecule has 0 bridgehead atoms. The summed E-state index contributed by atoms with van der Waals surface area (Å²) in [5.74, 6) is 0. The molecule has 0 heterocycles. The number of hydrogen-bond acceptors (Lipinski definition) is 4. The minimum absolute atomic E-state index is 0. The van der Waals surface area contributed by atoms with Crippen molar-refractivity contribution >= 4 is 40.3 Å². The summed E-state index contributed by atoms with van der Waals surface area (Å²) in [6, 6.07) is 0. The zero-order valence-electron chi connectivity index (χ0n) is 4.04. The first-order chi connectivity index (χ1) is 2.00. The van der Waals surface area contributed by atoms with Gasteiger partial charge in [0.1, 0.15) is 0 Å². The van der Waals surface area contributed by atoms with Crippen molar-refractivity contribution in [1.82, 2.24) is 0 Å². The summed E-state index contributed by atoms with van der Waals surface area (Å²) in [6.45, 7) is 0. The van der Waals surface area contributed by atoms with E-state index < -0.39 is 9.86 Å². The van der Waals surface area contributed by atoms with Gasteiger partial charge in [0, 0.05) is 0 Å². The van der Waals surface area contributed by atoms with Crippen LogP contribution in [-0.2, 0) is 30.5 Å². The van der Waals surface area contributed by atoms with Crippen molar-refractivity contribution in [1.29, 1.82) is 0 Å². The van der Waals surface area contributed by atoms with Crippen LogP contribution in [0.25, 0.3) is 0 Å². The van der Waals surface area contributed by atoms with E-state index in [-0.39, 0.29) is 59.1 Å². The Labute approximate surface area is 106 Å². The van der Waals surface area contributed by atoms with Crippen LogP contribution in [0.2, 0.25) is 0 Å². The fourth-order valence-electron chi connectivity index (χ4n) is 0. The Morgan fingerprint density at radius 3 is 1.00 bits per heavy atom. The Bertz CT molecular complexity index is 92.9. The van der Waals surface area contributed by atoms with E-state index in [0.717, 1.165) is 0 Å². The van der Waals surface area contributed by atoms with Crippen molar-refractivity contribution < 1.29 is 69.0 Å². The third-order valence-corrected chi connectivity index (χ3v) is 0. The molecule has 0 radical (unpaired) electrons. The van der Waals surface area contributed by atoms with Crippen molar-refractivity contribution in [2.75, 3.05) is 0 Å². The Balaban J connectivity index is -0.0000000800. The number of hydrogen-bond donors (Lipinski definition) is 0. The van der Waals surface area contributed by atoms with Crippen molar-refractivity contribution in [3.63, 3.8) is 0 Å². The van der Waals surface area contributed by atoms with Gasteiger partial charge >= 0.3 is 109 Å². The maximum atomic E-state index is 4.46.